The summed E-state index contributed by atoms with van der Waals surface area (Å²) in [7, 11) is 0. The molecule has 16 heavy (non-hydrogen) atoms. The SMILES string of the molecule is Cc1ccc(Sc2ccc(Cl)nn2)c(C)c1. The molecule has 4 heteroatoms. The third-order valence-electron chi connectivity index (χ3n) is 2.15. The highest BCUT2D eigenvalue weighted by Crippen LogP contribution is 2.29. The van der Waals surface area contributed by atoms with Gasteiger partial charge in [-0.05, 0) is 37.6 Å². The van der Waals surface area contributed by atoms with Crippen molar-refractivity contribution >= 4 is 23.4 Å². The number of aromatic nitrogens is 2. The second-order valence-corrected chi connectivity index (χ2v) is 5.01. The summed E-state index contributed by atoms with van der Waals surface area (Å²) in [6, 6.07) is 9.98. The van der Waals surface area contributed by atoms with Gasteiger partial charge in [-0.1, -0.05) is 41.1 Å². The van der Waals surface area contributed by atoms with Crippen LogP contribution in [0.4, 0.5) is 0 Å². The Bertz CT molecular complexity index is 497. The molecule has 2 rings (SSSR count). The maximum Gasteiger partial charge on any atom is 0.151 e. The molecule has 0 saturated carbocycles. The third kappa shape index (κ3) is 2.74. The fraction of sp³-hybridized carbons (Fsp3) is 0.167. The van der Waals surface area contributed by atoms with Gasteiger partial charge in [0.1, 0.15) is 5.03 Å². The number of benzene rings is 1. The molecule has 0 unspecified atom stereocenters. The van der Waals surface area contributed by atoms with Gasteiger partial charge in [-0.3, -0.25) is 0 Å². The topological polar surface area (TPSA) is 25.8 Å². The quantitative estimate of drug-likeness (QED) is 0.809. The molecule has 0 fully saturated rings. The number of halogens is 1. The Morgan fingerprint density at radius 2 is 1.88 bits per heavy atom. The van der Waals surface area contributed by atoms with Crippen LogP contribution in [0.15, 0.2) is 40.3 Å². The van der Waals surface area contributed by atoms with Crippen molar-refractivity contribution in [3.63, 3.8) is 0 Å². The van der Waals surface area contributed by atoms with Gasteiger partial charge in [-0.25, -0.2) is 0 Å². The normalized spacial score (nSPS) is 10.4. The molecule has 0 saturated heterocycles. The van der Waals surface area contributed by atoms with Crippen LogP contribution >= 0.6 is 23.4 Å². The molecular formula is C12H11ClN2S. The summed E-state index contributed by atoms with van der Waals surface area (Å²) in [6.07, 6.45) is 0. The molecule has 0 radical (unpaired) electrons. The van der Waals surface area contributed by atoms with Crippen molar-refractivity contribution in [2.24, 2.45) is 0 Å². The summed E-state index contributed by atoms with van der Waals surface area (Å²) in [5, 5.41) is 9.11. The van der Waals surface area contributed by atoms with Gasteiger partial charge in [0, 0.05) is 4.90 Å². The lowest BCUT2D eigenvalue weighted by molar-refractivity contribution is 0.929. The Morgan fingerprint density at radius 1 is 1.06 bits per heavy atom. The lowest BCUT2D eigenvalue weighted by atomic mass is 10.2. The number of aryl methyl sites for hydroxylation is 2. The van der Waals surface area contributed by atoms with Crippen molar-refractivity contribution in [3.05, 3.63) is 46.6 Å². The maximum atomic E-state index is 5.68. The van der Waals surface area contributed by atoms with Gasteiger partial charge >= 0.3 is 0 Å². The predicted molar refractivity (Wildman–Crippen MR) is 67.1 cm³/mol. The Hall–Kier alpha value is -1.06. The van der Waals surface area contributed by atoms with Gasteiger partial charge < -0.3 is 0 Å². The zero-order chi connectivity index (χ0) is 11.5. The molecule has 0 spiro atoms. The molecule has 0 atom stereocenters. The van der Waals surface area contributed by atoms with E-state index in [0.717, 1.165) is 5.03 Å². The molecule has 1 heterocycles. The Balaban J connectivity index is 2.23. The van der Waals surface area contributed by atoms with Crippen LogP contribution in [0.3, 0.4) is 0 Å². The Labute approximate surface area is 104 Å². The van der Waals surface area contributed by atoms with Crippen LogP contribution in [0.5, 0.6) is 0 Å². The Kier molecular flexibility index (Phi) is 3.46. The zero-order valence-electron chi connectivity index (χ0n) is 9.07. The average molecular weight is 251 g/mol. The van der Waals surface area contributed by atoms with Gasteiger partial charge in [-0.2, -0.15) is 0 Å². The molecule has 0 aliphatic carbocycles. The number of hydrogen-bond donors (Lipinski definition) is 0. The molecular weight excluding hydrogens is 240 g/mol. The summed E-state index contributed by atoms with van der Waals surface area (Å²) in [5.74, 6) is 0. The summed E-state index contributed by atoms with van der Waals surface area (Å²) in [6.45, 7) is 4.18. The standard InChI is InChI=1S/C12H11ClN2S/c1-8-3-4-10(9(2)7-8)16-12-6-5-11(13)14-15-12/h3-7H,1-2H3. The average Bonchev–Trinajstić information content (AvgIpc) is 2.25. The van der Waals surface area contributed by atoms with Gasteiger partial charge in [0.2, 0.25) is 0 Å². The van der Waals surface area contributed by atoms with Crippen molar-refractivity contribution in [2.75, 3.05) is 0 Å². The summed E-state index contributed by atoms with van der Waals surface area (Å²) < 4.78 is 0. The second-order valence-electron chi connectivity index (χ2n) is 3.57. The molecule has 82 valence electrons. The van der Waals surface area contributed by atoms with Crippen molar-refractivity contribution in [1.82, 2.24) is 10.2 Å². The first-order valence-corrected chi connectivity index (χ1v) is 6.09. The minimum Gasteiger partial charge on any atom is -0.142 e. The summed E-state index contributed by atoms with van der Waals surface area (Å²) in [4.78, 5) is 1.20. The molecule has 0 aliphatic heterocycles. The number of rotatable bonds is 2. The molecule has 0 aliphatic rings. The van der Waals surface area contributed by atoms with Gasteiger partial charge in [-0.15, -0.1) is 10.2 Å². The fourth-order valence-corrected chi connectivity index (χ4v) is 2.28. The van der Waals surface area contributed by atoms with Crippen LogP contribution in [0.25, 0.3) is 0 Å². The van der Waals surface area contributed by atoms with Crippen LogP contribution in [-0.2, 0) is 0 Å². The first-order valence-electron chi connectivity index (χ1n) is 4.89. The van der Waals surface area contributed by atoms with Crippen molar-refractivity contribution < 1.29 is 0 Å². The van der Waals surface area contributed by atoms with Gasteiger partial charge in [0.15, 0.2) is 5.15 Å². The highest BCUT2D eigenvalue weighted by Gasteiger charge is 2.03. The van der Waals surface area contributed by atoms with E-state index in [0.29, 0.717) is 5.15 Å². The van der Waals surface area contributed by atoms with E-state index in [-0.39, 0.29) is 0 Å². The number of nitrogens with zero attached hydrogens (tertiary/aromatic N) is 2. The molecule has 0 N–H and O–H groups in total. The van der Waals surface area contributed by atoms with E-state index in [4.69, 9.17) is 11.6 Å². The monoisotopic (exact) mass is 250 g/mol. The van der Waals surface area contributed by atoms with Crippen LogP contribution < -0.4 is 0 Å². The van der Waals surface area contributed by atoms with Gasteiger partial charge in [0.05, 0.1) is 0 Å². The third-order valence-corrected chi connectivity index (χ3v) is 3.46. The predicted octanol–water partition coefficient (Wildman–Crippen LogP) is 3.90. The molecule has 1 aromatic carbocycles. The minimum absolute atomic E-state index is 0.421. The highest BCUT2D eigenvalue weighted by molar-refractivity contribution is 7.99. The van der Waals surface area contributed by atoms with Crippen molar-refractivity contribution in [2.45, 2.75) is 23.8 Å². The smallest absolute Gasteiger partial charge is 0.142 e. The van der Waals surface area contributed by atoms with E-state index in [1.165, 1.54) is 16.0 Å². The van der Waals surface area contributed by atoms with E-state index in [1.54, 1.807) is 17.8 Å². The molecule has 1 aromatic heterocycles. The van der Waals surface area contributed by atoms with E-state index >= 15 is 0 Å². The van der Waals surface area contributed by atoms with E-state index < -0.39 is 0 Å². The number of hydrogen-bond acceptors (Lipinski definition) is 3. The first kappa shape index (κ1) is 11.4. The molecule has 2 aromatic rings. The minimum atomic E-state index is 0.421. The molecule has 0 amide bonds. The lowest BCUT2D eigenvalue weighted by Crippen LogP contribution is -1.86. The fourth-order valence-electron chi connectivity index (χ4n) is 1.38. The maximum absolute atomic E-state index is 5.68. The molecule has 2 nitrogen and oxygen atoms in total. The zero-order valence-corrected chi connectivity index (χ0v) is 10.6. The van der Waals surface area contributed by atoms with Crippen LogP contribution in [0.1, 0.15) is 11.1 Å². The van der Waals surface area contributed by atoms with Crippen molar-refractivity contribution in [3.8, 4) is 0 Å². The Morgan fingerprint density at radius 3 is 2.50 bits per heavy atom. The van der Waals surface area contributed by atoms with Crippen molar-refractivity contribution in [1.29, 1.82) is 0 Å². The molecule has 0 bridgehead atoms. The second kappa shape index (κ2) is 4.85. The first-order chi connectivity index (χ1) is 7.65. The van der Waals surface area contributed by atoms with Crippen LogP contribution in [-0.4, -0.2) is 10.2 Å². The largest absolute Gasteiger partial charge is 0.151 e. The van der Waals surface area contributed by atoms with E-state index in [2.05, 4.69) is 42.2 Å². The summed E-state index contributed by atoms with van der Waals surface area (Å²) >= 11 is 7.28. The van der Waals surface area contributed by atoms with Crippen LogP contribution in [0, 0.1) is 13.8 Å². The summed E-state index contributed by atoms with van der Waals surface area (Å²) in [5.41, 5.74) is 2.52. The van der Waals surface area contributed by atoms with E-state index in [1.807, 2.05) is 6.07 Å². The lowest BCUT2D eigenvalue weighted by Gasteiger charge is -2.05. The van der Waals surface area contributed by atoms with Gasteiger partial charge in [0.25, 0.3) is 0 Å². The highest BCUT2D eigenvalue weighted by atomic mass is 35.5. The van der Waals surface area contributed by atoms with Crippen LogP contribution in [0.2, 0.25) is 5.15 Å². The van der Waals surface area contributed by atoms with E-state index in [9.17, 15) is 0 Å².